The number of hydrogen-bond donors (Lipinski definition) is 3. The Morgan fingerprint density at radius 1 is 1.42 bits per heavy atom. The Morgan fingerprint density at radius 2 is 2.11 bits per heavy atom. The lowest BCUT2D eigenvalue weighted by Gasteiger charge is -2.20. The maximum Gasteiger partial charge on any atom is 0.224 e. The van der Waals surface area contributed by atoms with Gasteiger partial charge in [0.1, 0.15) is 0 Å². The monoisotopic (exact) mass is 283 g/mol. The summed E-state index contributed by atoms with van der Waals surface area (Å²) in [7, 11) is 0. The number of rotatable bonds is 6. The number of carbonyl (C=O) groups is 2. The second-order valence-corrected chi connectivity index (χ2v) is 4.86. The van der Waals surface area contributed by atoms with Crippen molar-refractivity contribution in [2.24, 2.45) is 17.4 Å². The summed E-state index contributed by atoms with van der Waals surface area (Å²) in [5.41, 5.74) is 11.4. The van der Waals surface area contributed by atoms with Crippen LogP contribution in [0.3, 0.4) is 0 Å². The van der Waals surface area contributed by atoms with E-state index < -0.39 is 11.9 Å². The Kier molecular flexibility index (Phi) is 5.79. The van der Waals surface area contributed by atoms with Gasteiger partial charge in [-0.05, 0) is 17.7 Å². The van der Waals surface area contributed by atoms with Crippen molar-refractivity contribution in [2.45, 2.75) is 19.4 Å². The Labute approximate surface area is 117 Å². The summed E-state index contributed by atoms with van der Waals surface area (Å²) in [5, 5.41) is 3.30. The van der Waals surface area contributed by atoms with Gasteiger partial charge < -0.3 is 16.8 Å². The Morgan fingerprint density at radius 3 is 2.63 bits per heavy atom. The molecular weight excluding hydrogens is 266 g/mol. The van der Waals surface area contributed by atoms with Gasteiger partial charge in [-0.25, -0.2) is 0 Å². The Bertz CT molecular complexity index is 465. The van der Waals surface area contributed by atoms with Crippen LogP contribution in [0, 0.1) is 5.92 Å². The lowest BCUT2D eigenvalue weighted by molar-refractivity contribution is -0.125. The molecule has 1 aromatic carbocycles. The third kappa shape index (κ3) is 4.89. The van der Waals surface area contributed by atoms with Crippen molar-refractivity contribution in [2.75, 3.05) is 6.54 Å². The molecule has 0 fully saturated rings. The fourth-order valence-electron chi connectivity index (χ4n) is 1.60. The molecule has 104 valence electrons. The zero-order chi connectivity index (χ0) is 14.4. The summed E-state index contributed by atoms with van der Waals surface area (Å²) < 4.78 is 0. The van der Waals surface area contributed by atoms with Gasteiger partial charge in [0.25, 0.3) is 0 Å². The average Bonchev–Trinajstić information content (AvgIpc) is 2.36. The van der Waals surface area contributed by atoms with Gasteiger partial charge in [0.05, 0.1) is 12.5 Å². The van der Waals surface area contributed by atoms with Crippen LogP contribution in [0.15, 0.2) is 24.3 Å². The topological polar surface area (TPSA) is 98.2 Å². The summed E-state index contributed by atoms with van der Waals surface area (Å²) in [6.45, 7) is 1.96. The molecule has 0 bridgehead atoms. The molecule has 0 saturated heterocycles. The van der Waals surface area contributed by atoms with E-state index in [1.165, 1.54) is 0 Å². The van der Waals surface area contributed by atoms with E-state index in [1.54, 1.807) is 31.2 Å². The van der Waals surface area contributed by atoms with Gasteiger partial charge in [0.15, 0.2) is 0 Å². The number of halogens is 1. The van der Waals surface area contributed by atoms with Crippen molar-refractivity contribution >= 4 is 23.4 Å². The van der Waals surface area contributed by atoms with Gasteiger partial charge in [-0.3, -0.25) is 9.59 Å². The lowest BCUT2D eigenvalue weighted by atomic mass is 10.0. The summed E-state index contributed by atoms with van der Waals surface area (Å²) in [4.78, 5) is 23.0. The molecule has 2 atom stereocenters. The minimum Gasteiger partial charge on any atom is -0.370 e. The molecule has 2 amide bonds. The molecule has 0 aliphatic carbocycles. The van der Waals surface area contributed by atoms with Gasteiger partial charge in [0.2, 0.25) is 11.8 Å². The number of primary amides is 1. The molecule has 1 unspecified atom stereocenters. The molecule has 0 heterocycles. The van der Waals surface area contributed by atoms with Crippen molar-refractivity contribution in [1.29, 1.82) is 0 Å². The van der Waals surface area contributed by atoms with Crippen LogP contribution in [0.4, 0.5) is 0 Å². The lowest BCUT2D eigenvalue weighted by Crippen LogP contribution is -2.37. The quantitative estimate of drug-likeness (QED) is 0.725. The minimum atomic E-state index is -0.495. The highest BCUT2D eigenvalue weighted by molar-refractivity contribution is 6.30. The second-order valence-electron chi connectivity index (χ2n) is 4.42. The number of nitrogens with one attached hydrogen (secondary N) is 1. The van der Waals surface area contributed by atoms with Crippen molar-refractivity contribution in [3.63, 3.8) is 0 Å². The summed E-state index contributed by atoms with van der Waals surface area (Å²) in [5.74, 6) is -1.03. The molecule has 0 radical (unpaired) electrons. The summed E-state index contributed by atoms with van der Waals surface area (Å²) in [6, 6.07) is 6.47. The Balaban J connectivity index is 2.89. The van der Waals surface area contributed by atoms with Gasteiger partial charge in [-0.1, -0.05) is 30.7 Å². The standard InChI is InChI=1S/C13H18ClN3O2/c1-8(7-15)13(19)17-11(6-12(16)18)9-3-2-4-10(14)5-9/h2-5,8,11H,6-7,15H2,1H3,(H2,16,18)(H,17,19)/t8?,11-/m1/s1. The van der Waals surface area contributed by atoms with Crippen LogP contribution in [0.1, 0.15) is 24.9 Å². The molecule has 0 spiro atoms. The molecule has 0 saturated carbocycles. The molecule has 1 rings (SSSR count). The van der Waals surface area contributed by atoms with E-state index in [1.807, 2.05) is 0 Å². The molecule has 5 nitrogen and oxygen atoms in total. The van der Waals surface area contributed by atoms with Crippen LogP contribution in [0.2, 0.25) is 5.02 Å². The average molecular weight is 284 g/mol. The van der Waals surface area contributed by atoms with Crippen LogP contribution in [0.25, 0.3) is 0 Å². The molecule has 1 aromatic rings. The predicted molar refractivity (Wildman–Crippen MR) is 74.4 cm³/mol. The first-order chi connectivity index (χ1) is 8.93. The molecule has 0 aromatic heterocycles. The van der Waals surface area contributed by atoms with E-state index >= 15 is 0 Å². The number of hydrogen-bond acceptors (Lipinski definition) is 3. The zero-order valence-corrected chi connectivity index (χ0v) is 11.5. The van der Waals surface area contributed by atoms with Crippen molar-refractivity contribution < 1.29 is 9.59 Å². The van der Waals surface area contributed by atoms with Gasteiger partial charge >= 0.3 is 0 Å². The maximum absolute atomic E-state index is 11.8. The second kappa shape index (κ2) is 7.11. The van der Waals surface area contributed by atoms with Crippen LogP contribution in [-0.4, -0.2) is 18.4 Å². The normalized spacial score (nSPS) is 13.6. The van der Waals surface area contributed by atoms with Gasteiger partial charge in [-0.15, -0.1) is 0 Å². The highest BCUT2D eigenvalue weighted by Gasteiger charge is 2.20. The van der Waals surface area contributed by atoms with Crippen LogP contribution in [0.5, 0.6) is 0 Å². The SMILES string of the molecule is CC(CN)C(=O)N[C@H](CC(N)=O)c1cccc(Cl)c1. The van der Waals surface area contributed by atoms with Crippen LogP contribution >= 0.6 is 11.6 Å². The van der Waals surface area contributed by atoms with E-state index in [9.17, 15) is 9.59 Å². The summed E-state index contributed by atoms with van der Waals surface area (Å²) >= 11 is 5.90. The number of amides is 2. The first-order valence-corrected chi connectivity index (χ1v) is 6.36. The highest BCUT2D eigenvalue weighted by atomic mass is 35.5. The molecular formula is C13H18ClN3O2. The van der Waals surface area contributed by atoms with E-state index in [0.29, 0.717) is 5.02 Å². The molecule has 0 aliphatic rings. The fraction of sp³-hybridized carbons (Fsp3) is 0.385. The largest absolute Gasteiger partial charge is 0.370 e. The number of nitrogens with two attached hydrogens (primary N) is 2. The molecule has 19 heavy (non-hydrogen) atoms. The maximum atomic E-state index is 11.8. The third-order valence-electron chi connectivity index (χ3n) is 2.77. The Hall–Kier alpha value is -1.59. The molecule has 0 aliphatic heterocycles. The molecule has 6 heteroatoms. The predicted octanol–water partition coefficient (Wildman–Crippen LogP) is 0.968. The van der Waals surface area contributed by atoms with E-state index in [4.69, 9.17) is 23.1 Å². The van der Waals surface area contributed by atoms with Crippen molar-refractivity contribution in [3.8, 4) is 0 Å². The first-order valence-electron chi connectivity index (χ1n) is 5.98. The fourth-order valence-corrected chi connectivity index (χ4v) is 1.80. The van der Waals surface area contributed by atoms with Gasteiger partial charge in [-0.2, -0.15) is 0 Å². The zero-order valence-electron chi connectivity index (χ0n) is 10.7. The first kappa shape index (κ1) is 15.5. The summed E-state index contributed by atoms with van der Waals surface area (Å²) in [6.07, 6.45) is 0.0172. The minimum absolute atomic E-state index is 0.0172. The third-order valence-corrected chi connectivity index (χ3v) is 3.01. The number of carbonyl (C=O) groups excluding carboxylic acids is 2. The van der Waals surface area contributed by atoms with E-state index in [0.717, 1.165) is 5.56 Å². The molecule has 5 N–H and O–H groups in total. The van der Waals surface area contributed by atoms with Crippen molar-refractivity contribution in [3.05, 3.63) is 34.9 Å². The highest BCUT2D eigenvalue weighted by Crippen LogP contribution is 2.20. The van der Waals surface area contributed by atoms with Crippen LogP contribution in [-0.2, 0) is 9.59 Å². The van der Waals surface area contributed by atoms with Crippen LogP contribution < -0.4 is 16.8 Å². The van der Waals surface area contributed by atoms with Crippen molar-refractivity contribution in [1.82, 2.24) is 5.32 Å². The van der Waals surface area contributed by atoms with E-state index in [-0.39, 0.29) is 24.8 Å². The van der Waals surface area contributed by atoms with Gasteiger partial charge in [0, 0.05) is 17.5 Å². The number of benzene rings is 1. The van der Waals surface area contributed by atoms with E-state index in [2.05, 4.69) is 5.32 Å². The smallest absolute Gasteiger partial charge is 0.224 e.